The first kappa shape index (κ1) is 14.4. The molecular weight excluding hydrogens is 260 g/mol. The van der Waals surface area contributed by atoms with E-state index in [0.29, 0.717) is 10.9 Å². The number of benzene rings is 1. The Bertz CT molecular complexity index is 474. The van der Waals surface area contributed by atoms with Crippen LogP contribution in [-0.2, 0) is 10.2 Å². The third-order valence-electron chi connectivity index (χ3n) is 4.26. The summed E-state index contributed by atoms with van der Waals surface area (Å²) in [4.78, 5) is 11.8. The van der Waals surface area contributed by atoms with Gasteiger partial charge in [-0.15, -0.1) is 0 Å². The van der Waals surface area contributed by atoms with Gasteiger partial charge in [0, 0.05) is 5.02 Å². The Morgan fingerprint density at radius 2 is 1.84 bits per heavy atom. The van der Waals surface area contributed by atoms with E-state index in [9.17, 15) is 9.90 Å². The summed E-state index contributed by atoms with van der Waals surface area (Å²) in [6, 6.07) is 5.82. The first-order valence-corrected chi connectivity index (χ1v) is 7.38. The molecule has 0 spiro atoms. The summed E-state index contributed by atoms with van der Waals surface area (Å²) in [5, 5.41) is 10.4. The highest BCUT2D eigenvalue weighted by Crippen LogP contribution is 2.41. The van der Waals surface area contributed by atoms with E-state index in [-0.39, 0.29) is 0 Å². The normalized spacial score (nSPS) is 18.5. The molecule has 0 saturated heterocycles. The van der Waals surface area contributed by atoms with Gasteiger partial charge in [-0.1, -0.05) is 50.8 Å². The van der Waals surface area contributed by atoms with Gasteiger partial charge in [-0.2, -0.15) is 0 Å². The van der Waals surface area contributed by atoms with E-state index in [1.807, 2.05) is 18.2 Å². The molecule has 1 aromatic carbocycles. The lowest BCUT2D eigenvalue weighted by atomic mass is 9.69. The Hall–Kier alpha value is -1.02. The van der Waals surface area contributed by atoms with Crippen LogP contribution in [0.2, 0.25) is 5.02 Å². The zero-order valence-electron chi connectivity index (χ0n) is 11.6. The minimum atomic E-state index is -0.729. The van der Waals surface area contributed by atoms with Crippen LogP contribution in [0.25, 0.3) is 0 Å². The fraction of sp³-hybridized carbons (Fsp3) is 0.562. The van der Waals surface area contributed by atoms with Gasteiger partial charge in [-0.25, -0.2) is 0 Å². The van der Waals surface area contributed by atoms with E-state index >= 15 is 0 Å². The van der Waals surface area contributed by atoms with Gasteiger partial charge in [-0.05, 0) is 42.0 Å². The Balaban J connectivity index is 2.50. The molecule has 0 atom stereocenters. The van der Waals surface area contributed by atoms with E-state index < -0.39 is 11.4 Å². The summed E-state index contributed by atoms with van der Waals surface area (Å²) in [5.74, 6) is -0.351. The van der Waals surface area contributed by atoms with Crippen molar-refractivity contribution in [3.63, 3.8) is 0 Å². The molecule has 1 N–H and O–H groups in total. The SMILES string of the molecule is CC(C)c1cc(Cl)cc(C2(C(=O)O)CCCCC2)c1. The van der Waals surface area contributed by atoms with Crippen LogP contribution in [0.4, 0.5) is 0 Å². The Labute approximate surface area is 119 Å². The molecule has 19 heavy (non-hydrogen) atoms. The van der Waals surface area contributed by atoms with Crippen LogP contribution in [0.5, 0.6) is 0 Å². The Morgan fingerprint density at radius 3 is 2.37 bits per heavy atom. The Morgan fingerprint density at radius 1 is 1.21 bits per heavy atom. The molecule has 104 valence electrons. The maximum absolute atomic E-state index is 11.8. The molecule has 0 unspecified atom stereocenters. The average molecular weight is 281 g/mol. The average Bonchev–Trinajstić information content (AvgIpc) is 2.38. The molecule has 0 amide bonds. The second-order valence-corrected chi connectivity index (χ2v) is 6.31. The predicted octanol–water partition coefficient (Wildman–Crippen LogP) is 4.75. The molecule has 2 rings (SSSR count). The van der Waals surface area contributed by atoms with Crippen LogP contribution in [-0.4, -0.2) is 11.1 Å². The lowest BCUT2D eigenvalue weighted by molar-refractivity contribution is -0.145. The van der Waals surface area contributed by atoms with Gasteiger partial charge < -0.3 is 5.11 Å². The zero-order chi connectivity index (χ0) is 14.0. The second-order valence-electron chi connectivity index (χ2n) is 5.88. The van der Waals surface area contributed by atoms with Crippen molar-refractivity contribution < 1.29 is 9.90 Å². The lowest BCUT2D eigenvalue weighted by Crippen LogP contribution is -2.37. The van der Waals surface area contributed by atoms with E-state index in [4.69, 9.17) is 11.6 Å². The van der Waals surface area contributed by atoms with Gasteiger partial charge in [-0.3, -0.25) is 4.79 Å². The topological polar surface area (TPSA) is 37.3 Å². The molecule has 1 aromatic rings. The highest BCUT2D eigenvalue weighted by Gasteiger charge is 2.41. The molecule has 1 fully saturated rings. The van der Waals surface area contributed by atoms with Crippen molar-refractivity contribution in [1.82, 2.24) is 0 Å². The van der Waals surface area contributed by atoms with E-state index in [1.54, 1.807) is 0 Å². The summed E-state index contributed by atoms with van der Waals surface area (Å²) in [7, 11) is 0. The van der Waals surface area contributed by atoms with Crippen LogP contribution in [0.3, 0.4) is 0 Å². The highest BCUT2D eigenvalue weighted by atomic mass is 35.5. The summed E-state index contributed by atoms with van der Waals surface area (Å²) >= 11 is 6.19. The smallest absolute Gasteiger partial charge is 0.314 e. The van der Waals surface area contributed by atoms with Crippen molar-refractivity contribution in [3.05, 3.63) is 34.3 Å². The first-order valence-electron chi connectivity index (χ1n) is 7.00. The quantitative estimate of drug-likeness (QED) is 0.867. The zero-order valence-corrected chi connectivity index (χ0v) is 12.3. The van der Waals surface area contributed by atoms with Crippen molar-refractivity contribution >= 4 is 17.6 Å². The molecular formula is C16H21ClO2. The molecule has 0 heterocycles. The van der Waals surface area contributed by atoms with Crippen molar-refractivity contribution in [2.45, 2.75) is 57.3 Å². The maximum atomic E-state index is 11.8. The number of carboxylic acid groups (broad SMARTS) is 1. The molecule has 1 aliphatic rings. The van der Waals surface area contributed by atoms with Crippen molar-refractivity contribution in [2.24, 2.45) is 0 Å². The van der Waals surface area contributed by atoms with E-state index in [2.05, 4.69) is 13.8 Å². The minimum Gasteiger partial charge on any atom is -0.481 e. The molecule has 2 nitrogen and oxygen atoms in total. The number of hydrogen-bond acceptors (Lipinski definition) is 1. The predicted molar refractivity (Wildman–Crippen MR) is 77.9 cm³/mol. The molecule has 0 radical (unpaired) electrons. The number of halogens is 1. The van der Waals surface area contributed by atoms with Crippen molar-refractivity contribution in [2.75, 3.05) is 0 Å². The Kier molecular flexibility index (Phi) is 4.19. The third kappa shape index (κ3) is 2.79. The van der Waals surface area contributed by atoms with Gasteiger partial charge in [0.2, 0.25) is 0 Å². The molecule has 3 heteroatoms. The first-order chi connectivity index (χ1) is 8.95. The summed E-state index contributed by atoms with van der Waals surface area (Å²) in [5.41, 5.74) is 1.27. The monoisotopic (exact) mass is 280 g/mol. The van der Waals surface area contributed by atoms with Crippen LogP contribution in [0.15, 0.2) is 18.2 Å². The van der Waals surface area contributed by atoms with Gasteiger partial charge in [0.05, 0.1) is 5.41 Å². The number of aliphatic carboxylic acids is 1. The van der Waals surface area contributed by atoms with Gasteiger partial charge in [0.15, 0.2) is 0 Å². The van der Waals surface area contributed by atoms with Crippen LogP contribution in [0, 0.1) is 0 Å². The van der Waals surface area contributed by atoms with Gasteiger partial charge in [0.1, 0.15) is 0 Å². The van der Waals surface area contributed by atoms with E-state index in [0.717, 1.165) is 43.2 Å². The molecule has 0 aliphatic heterocycles. The molecule has 1 saturated carbocycles. The largest absolute Gasteiger partial charge is 0.481 e. The number of carboxylic acids is 1. The standard InChI is InChI=1S/C16H21ClO2/c1-11(2)12-8-13(10-14(17)9-12)16(15(18)19)6-4-3-5-7-16/h8-11H,3-7H2,1-2H3,(H,18,19). The van der Waals surface area contributed by atoms with Crippen molar-refractivity contribution in [1.29, 1.82) is 0 Å². The maximum Gasteiger partial charge on any atom is 0.314 e. The van der Waals surface area contributed by atoms with Gasteiger partial charge in [0.25, 0.3) is 0 Å². The minimum absolute atomic E-state index is 0.354. The molecule has 0 aromatic heterocycles. The number of rotatable bonds is 3. The van der Waals surface area contributed by atoms with Gasteiger partial charge >= 0.3 is 5.97 Å². The summed E-state index contributed by atoms with van der Waals surface area (Å²) in [6.07, 6.45) is 4.54. The number of hydrogen-bond donors (Lipinski definition) is 1. The third-order valence-corrected chi connectivity index (χ3v) is 4.47. The highest BCUT2D eigenvalue weighted by molar-refractivity contribution is 6.30. The fourth-order valence-electron chi connectivity index (χ4n) is 3.00. The molecule has 1 aliphatic carbocycles. The lowest BCUT2D eigenvalue weighted by Gasteiger charge is -2.34. The number of carbonyl (C=O) groups is 1. The van der Waals surface area contributed by atoms with E-state index in [1.165, 1.54) is 0 Å². The van der Waals surface area contributed by atoms with Crippen LogP contribution < -0.4 is 0 Å². The van der Waals surface area contributed by atoms with Crippen molar-refractivity contribution in [3.8, 4) is 0 Å². The second kappa shape index (κ2) is 5.54. The molecule has 0 bridgehead atoms. The van der Waals surface area contributed by atoms with Crippen LogP contribution >= 0.6 is 11.6 Å². The van der Waals surface area contributed by atoms with Crippen LogP contribution in [0.1, 0.15) is 63.0 Å². The summed E-state index contributed by atoms with van der Waals surface area (Å²) < 4.78 is 0. The summed E-state index contributed by atoms with van der Waals surface area (Å²) in [6.45, 7) is 4.20. The fourth-order valence-corrected chi connectivity index (χ4v) is 3.25.